The molecule has 0 amide bonds. The fourth-order valence-corrected chi connectivity index (χ4v) is 5.22. The Bertz CT molecular complexity index is 1060. The molecular formula is C23H27N3O2S. The van der Waals surface area contributed by atoms with Gasteiger partial charge in [0, 0.05) is 38.6 Å². The standard InChI is InChI=1S/C23H27N3O2S/c1-25-14-7-12-22(25)23(26-15-13-20-10-5-6-11-21(20)17-26)16-24-29(27,28)18-19-8-3-2-4-9-19/h2-12,14,23-24H,13,15-18H2,1H3. The topological polar surface area (TPSA) is 54.3 Å². The van der Waals surface area contributed by atoms with Gasteiger partial charge in [0.2, 0.25) is 10.0 Å². The van der Waals surface area contributed by atoms with E-state index in [4.69, 9.17) is 0 Å². The molecular weight excluding hydrogens is 382 g/mol. The van der Waals surface area contributed by atoms with Gasteiger partial charge in [-0.05, 0) is 35.2 Å². The van der Waals surface area contributed by atoms with Crippen molar-refractivity contribution >= 4 is 10.0 Å². The molecule has 5 nitrogen and oxygen atoms in total. The molecule has 3 aromatic rings. The smallest absolute Gasteiger partial charge is 0.215 e. The van der Waals surface area contributed by atoms with Crippen molar-refractivity contribution in [3.63, 3.8) is 0 Å². The summed E-state index contributed by atoms with van der Waals surface area (Å²) in [5, 5.41) is 0. The molecule has 2 aromatic carbocycles. The van der Waals surface area contributed by atoms with Gasteiger partial charge >= 0.3 is 0 Å². The number of hydrogen-bond donors (Lipinski definition) is 1. The van der Waals surface area contributed by atoms with E-state index in [9.17, 15) is 8.42 Å². The van der Waals surface area contributed by atoms with Gasteiger partial charge in [-0.25, -0.2) is 13.1 Å². The van der Waals surface area contributed by atoms with Crippen molar-refractivity contribution in [2.24, 2.45) is 7.05 Å². The molecule has 4 rings (SSSR count). The Morgan fingerprint density at radius 3 is 2.41 bits per heavy atom. The van der Waals surface area contributed by atoms with E-state index in [1.807, 2.05) is 49.6 Å². The van der Waals surface area contributed by atoms with Crippen LogP contribution in [0, 0.1) is 0 Å². The van der Waals surface area contributed by atoms with E-state index in [2.05, 4.69) is 44.5 Å². The van der Waals surface area contributed by atoms with E-state index in [0.717, 1.165) is 30.8 Å². The average Bonchev–Trinajstić information content (AvgIpc) is 3.14. The van der Waals surface area contributed by atoms with Gasteiger partial charge < -0.3 is 4.57 Å². The van der Waals surface area contributed by atoms with Crippen molar-refractivity contribution in [3.05, 3.63) is 95.3 Å². The second-order valence-electron chi connectivity index (χ2n) is 7.64. The van der Waals surface area contributed by atoms with Crippen LogP contribution in [0.5, 0.6) is 0 Å². The van der Waals surface area contributed by atoms with Crippen LogP contribution in [0.4, 0.5) is 0 Å². The summed E-state index contributed by atoms with van der Waals surface area (Å²) in [6.45, 7) is 2.09. The first-order valence-electron chi connectivity index (χ1n) is 9.95. The second kappa shape index (κ2) is 8.53. The fraction of sp³-hybridized carbons (Fsp3) is 0.304. The summed E-state index contributed by atoms with van der Waals surface area (Å²) < 4.78 is 30.3. The highest BCUT2D eigenvalue weighted by Crippen LogP contribution is 2.28. The van der Waals surface area contributed by atoms with Crippen molar-refractivity contribution in [3.8, 4) is 0 Å². The second-order valence-corrected chi connectivity index (χ2v) is 9.45. The van der Waals surface area contributed by atoms with Crippen LogP contribution in [0.1, 0.15) is 28.4 Å². The molecule has 1 aliphatic heterocycles. The quantitative estimate of drug-likeness (QED) is 0.652. The van der Waals surface area contributed by atoms with Crippen molar-refractivity contribution in [1.29, 1.82) is 0 Å². The Morgan fingerprint density at radius 2 is 1.69 bits per heavy atom. The molecule has 1 aromatic heterocycles. The summed E-state index contributed by atoms with van der Waals surface area (Å²) in [4.78, 5) is 2.38. The molecule has 0 saturated carbocycles. The summed E-state index contributed by atoms with van der Waals surface area (Å²) in [5.41, 5.74) is 4.62. The van der Waals surface area contributed by atoms with Gasteiger partial charge in [0.25, 0.3) is 0 Å². The lowest BCUT2D eigenvalue weighted by atomic mass is 9.98. The van der Waals surface area contributed by atoms with Gasteiger partial charge in [0.15, 0.2) is 0 Å². The van der Waals surface area contributed by atoms with Gasteiger partial charge in [-0.1, -0.05) is 54.6 Å². The van der Waals surface area contributed by atoms with Gasteiger partial charge in [0.1, 0.15) is 0 Å². The molecule has 0 saturated heterocycles. The van der Waals surface area contributed by atoms with Crippen LogP contribution in [0.2, 0.25) is 0 Å². The predicted octanol–water partition coefficient (Wildman–Crippen LogP) is 3.24. The molecule has 1 N–H and O–H groups in total. The highest BCUT2D eigenvalue weighted by atomic mass is 32.2. The summed E-state index contributed by atoms with van der Waals surface area (Å²) in [7, 11) is -1.41. The molecule has 0 aliphatic carbocycles. The van der Waals surface area contributed by atoms with Gasteiger partial charge in [-0.2, -0.15) is 0 Å². The van der Waals surface area contributed by atoms with E-state index in [1.165, 1.54) is 11.1 Å². The van der Waals surface area contributed by atoms with E-state index >= 15 is 0 Å². The molecule has 0 bridgehead atoms. The first kappa shape index (κ1) is 19.9. The van der Waals surface area contributed by atoms with Crippen LogP contribution in [0.3, 0.4) is 0 Å². The van der Waals surface area contributed by atoms with Gasteiger partial charge in [-0.15, -0.1) is 0 Å². The van der Waals surface area contributed by atoms with Crippen LogP contribution in [-0.4, -0.2) is 31.0 Å². The molecule has 1 unspecified atom stereocenters. The Kier molecular flexibility index (Phi) is 5.85. The zero-order valence-electron chi connectivity index (χ0n) is 16.7. The number of fused-ring (bicyclic) bond motifs is 1. The first-order valence-corrected chi connectivity index (χ1v) is 11.6. The van der Waals surface area contributed by atoms with E-state index in [-0.39, 0.29) is 11.8 Å². The lowest BCUT2D eigenvalue weighted by Gasteiger charge is -2.36. The Morgan fingerprint density at radius 1 is 0.966 bits per heavy atom. The Labute approximate surface area is 173 Å². The third-order valence-electron chi connectivity index (χ3n) is 5.62. The van der Waals surface area contributed by atoms with E-state index in [1.54, 1.807) is 0 Å². The van der Waals surface area contributed by atoms with Crippen LogP contribution < -0.4 is 4.72 Å². The third kappa shape index (κ3) is 4.78. The maximum Gasteiger partial charge on any atom is 0.215 e. The molecule has 6 heteroatoms. The normalized spacial score (nSPS) is 15.8. The number of aromatic nitrogens is 1. The number of benzene rings is 2. The zero-order chi connectivity index (χ0) is 20.3. The highest BCUT2D eigenvalue weighted by molar-refractivity contribution is 7.88. The number of nitrogens with zero attached hydrogens (tertiary/aromatic N) is 2. The fourth-order valence-electron chi connectivity index (χ4n) is 4.08. The number of sulfonamides is 1. The highest BCUT2D eigenvalue weighted by Gasteiger charge is 2.27. The summed E-state index contributed by atoms with van der Waals surface area (Å²) in [6.07, 6.45) is 2.99. The van der Waals surface area contributed by atoms with Crippen LogP contribution in [0.25, 0.3) is 0 Å². The molecule has 1 atom stereocenters. The van der Waals surface area contributed by atoms with Crippen molar-refractivity contribution in [2.45, 2.75) is 24.8 Å². The lowest BCUT2D eigenvalue weighted by molar-refractivity contribution is 0.174. The maximum absolute atomic E-state index is 12.7. The van der Waals surface area contributed by atoms with Crippen molar-refractivity contribution in [1.82, 2.24) is 14.2 Å². The van der Waals surface area contributed by atoms with E-state index in [0.29, 0.717) is 6.54 Å². The van der Waals surface area contributed by atoms with Crippen LogP contribution in [-0.2, 0) is 35.8 Å². The summed E-state index contributed by atoms with van der Waals surface area (Å²) in [6, 6.07) is 21.9. The van der Waals surface area contributed by atoms with Gasteiger partial charge in [-0.3, -0.25) is 4.90 Å². The number of aryl methyl sites for hydroxylation is 1. The third-order valence-corrected chi connectivity index (χ3v) is 6.94. The average molecular weight is 410 g/mol. The largest absolute Gasteiger partial charge is 0.353 e. The minimum absolute atomic E-state index is 0.00344. The zero-order valence-corrected chi connectivity index (χ0v) is 17.5. The minimum Gasteiger partial charge on any atom is -0.353 e. The van der Waals surface area contributed by atoms with Crippen molar-refractivity contribution in [2.75, 3.05) is 13.1 Å². The molecule has 152 valence electrons. The Balaban J connectivity index is 1.52. The molecule has 1 aliphatic rings. The first-order chi connectivity index (χ1) is 14.0. The summed E-state index contributed by atoms with van der Waals surface area (Å²) in [5.74, 6) is -0.00344. The van der Waals surface area contributed by atoms with Crippen molar-refractivity contribution < 1.29 is 8.42 Å². The number of rotatable bonds is 7. The molecule has 0 fully saturated rings. The minimum atomic E-state index is -3.42. The molecule has 0 spiro atoms. The predicted molar refractivity (Wildman–Crippen MR) is 116 cm³/mol. The number of nitrogens with one attached hydrogen (secondary N) is 1. The van der Waals surface area contributed by atoms with Crippen LogP contribution >= 0.6 is 0 Å². The molecule has 2 heterocycles. The summed E-state index contributed by atoms with van der Waals surface area (Å²) >= 11 is 0. The van der Waals surface area contributed by atoms with E-state index < -0.39 is 10.0 Å². The lowest BCUT2D eigenvalue weighted by Crippen LogP contribution is -2.41. The maximum atomic E-state index is 12.7. The number of hydrogen-bond acceptors (Lipinski definition) is 3. The van der Waals surface area contributed by atoms with Gasteiger partial charge in [0.05, 0.1) is 11.8 Å². The SMILES string of the molecule is Cn1cccc1C(CNS(=O)(=O)Cc1ccccc1)N1CCc2ccccc2C1. The molecule has 0 radical (unpaired) electrons. The van der Waals surface area contributed by atoms with Crippen LogP contribution in [0.15, 0.2) is 72.9 Å². The Hall–Kier alpha value is -2.41. The monoisotopic (exact) mass is 409 g/mol. The molecule has 29 heavy (non-hydrogen) atoms.